The molecule has 1 atom stereocenters. The zero-order valence-corrected chi connectivity index (χ0v) is 20.0. The number of nitrogens with zero attached hydrogens (tertiary/aromatic N) is 4. The molecule has 1 amide bonds. The van der Waals surface area contributed by atoms with Crippen LogP contribution in [-0.2, 0) is 11.2 Å². The smallest absolute Gasteiger partial charge is 0.224 e. The van der Waals surface area contributed by atoms with Crippen LogP contribution in [0.25, 0.3) is 10.3 Å². The molecule has 4 heterocycles. The maximum atomic E-state index is 12.9. The van der Waals surface area contributed by atoms with Gasteiger partial charge >= 0.3 is 0 Å². The van der Waals surface area contributed by atoms with Crippen molar-refractivity contribution in [2.75, 3.05) is 44.2 Å². The quantitative estimate of drug-likeness (QED) is 0.574. The number of thiazole rings is 1. The molecule has 174 valence electrons. The minimum atomic E-state index is 0.0373. The molecule has 0 bridgehead atoms. The summed E-state index contributed by atoms with van der Waals surface area (Å²) in [4.78, 5) is 27.7. The van der Waals surface area contributed by atoms with Gasteiger partial charge in [0.1, 0.15) is 10.3 Å². The van der Waals surface area contributed by atoms with E-state index in [1.807, 2.05) is 18.3 Å². The van der Waals surface area contributed by atoms with E-state index in [9.17, 15) is 4.79 Å². The predicted molar refractivity (Wildman–Crippen MR) is 135 cm³/mol. The highest BCUT2D eigenvalue weighted by Gasteiger charge is 2.27. The van der Waals surface area contributed by atoms with E-state index < -0.39 is 0 Å². The van der Waals surface area contributed by atoms with Crippen molar-refractivity contribution in [1.29, 1.82) is 0 Å². The Morgan fingerprint density at radius 3 is 2.73 bits per heavy atom. The van der Waals surface area contributed by atoms with Crippen LogP contribution in [0.15, 0.2) is 48.7 Å². The average Bonchev–Trinajstić information content (AvgIpc) is 3.30. The van der Waals surface area contributed by atoms with Gasteiger partial charge in [-0.1, -0.05) is 41.7 Å². The van der Waals surface area contributed by atoms with Crippen molar-refractivity contribution in [2.45, 2.75) is 32.1 Å². The molecule has 1 N–H and O–H groups in total. The van der Waals surface area contributed by atoms with E-state index in [1.165, 1.54) is 24.8 Å². The molecular weight excluding hydrogens is 430 g/mol. The molecule has 5 rings (SSSR count). The Morgan fingerprint density at radius 2 is 1.91 bits per heavy atom. The molecule has 1 unspecified atom stereocenters. The number of likely N-dealkylation sites (tertiary alicyclic amines) is 1. The van der Waals surface area contributed by atoms with E-state index in [0.717, 1.165) is 73.5 Å². The molecule has 2 aliphatic heterocycles. The summed E-state index contributed by atoms with van der Waals surface area (Å²) in [7, 11) is 0. The second kappa shape index (κ2) is 10.6. The van der Waals surface area contributed by atoms with Gasteiger partial charge in [0.05, 0.1) is 5.92 Å². The number of pyridine rings is 1. The lowest BCUT2D eigenvalue weighted by molar-refractivity contribution is -0.125. The van der Waals surface area contributed by atoms with Gasteiger partial charge in [-0.2, -0.15) is 0 Å². The summed E-state index contributed by atoms with van der Waals surface area (Å²) in [6, 6.07) is 14.8. The van der Waals surface area contributed by atoms with Gasteiger partial charge < -0.3 is 15.1 Å². The highest BCUT2D eigenvalue weighted by atomic mass is 32.1. The van der Waals surface area contributed by atoms with Crippen molar-refractivity contribution >= 4 is 32.7 Å². The molecule has 2 aliphatic rings. The van der Waals surface area contributed by atoms with E-state index in [0.29, 0.717) is 0 Å². The monoisotopic (exact) mass is 463 g/mol. The number of nitrogens with one attached hydrogen (secondary N) is 1. The van der Waals surface area contributed by atoms with Gasteiger partial charge in [-0.3, -0.25) is 4.79 Å². The van der Waals surface area contributed by atoms with E-state index in [2.05, 4.69) is 50.4 Å². The minimum Gasteiger partial charge on any atom is -0.355 e. The second-order valence-electron chi connectivity index (χ2n) is 9.38. The van der Waals surface area contributed by atoms with Gasteiger partial charge in [0, 0.05) is 32.4 Å². The molecule has 1 aromatic carbocycles. The molecule has 2 saturated heterocycles. The zero-order chi connectivity index (χ0) is 22.5. The molecule has 2 aromatic heterocycles. The van der Waals surface area contributed by atoms with Crippen LogP contribution in [0.4, 0.5) is 5.13 Å². The van der Waals surface area contributed by atoms with Crippen LogP contribution in [0.3, 0.4) is 0 Å². The fraction of sp³-hybridized carbons (Fsp3) is 0.500. The number of hydrogen-bond donors (Lipinski definition) is 1. The molecule has 0 spiro atoms. The molecule has 33 heavy (non-hydrogen) atoms. The SMILES string of the molecule is O=C(NCCN1CCC(Cc2ccccc2)CC1)C1CCCN(c2nc3cccnc3s2)C1. The Kier molecular flexibility index (Phi) is 7.17. The molecule has 0 aliphatic carbocycles. The maximum absolute atomic E-state index is 12.9. The summed E-state index contributed by atoms with van der Waals surface area (Å²) in [6.45, 7) is 5.66. The van der Waals surface area contributed by atoms with Crippen molar-refractivity contribution in [2.24, 2.45) is 11.8 Å². The minimum absolute atomic E-state index is 0.0373. The Labute approximate surface area is 200 Å². The number of amides is 1. The third-order valence-electron chi connectivity index (χ3n) is 7.02. The molecule has 3 aromatic rings. The normalized spacial score (nSPS) is 20.2. The lowest BCUT2D eigenvalue weighted by Crippen LogP contribution is -2.45. The van der Waals surface area contributed by atoms with E-state index >= 15 is 0 Å². The topological polar surface area (TPSA) is 61.4 Å². The number of carbonyl (C=O) groups excluding carboxylic acids is 1. The van der Waals surface area contributed by atoms with E-state index in [-0.39, 0.29) is 11.8 Å². The fourth-order valence-corrected chi connectivity index (χ4v) is 6.05. The Morgan fingerprint density at radius 1 is 1.06 bits per heavy atom. The molecule has 0 radical (unpaired) electrons. The summed E-state index contributed by atoms with van der Waals surface area (Å²) < 4.78 is 0. The highest BCUT2D eigenvalue weighted by molar-refractivity contribution is 7.21. The predicted octanol–water partition coefficient (Wildman–Crippen LogP) is 3.98. The number of anilines is 1. The van der Waals surface area contributed by atoms with Crippen LogP contribution in [0, 0.1) is 11.8 Å². The van der Waals surface area contributed by atoms with Crippen molar-refractivity contribution in [3.8, 4) is 0 Å². The lowest BCUT2D eigenvalue weighted by Gasteiger charge is -2.33. The van der Waals surface area contributed by atoms with Gasteiger partial charge in [-0.25, -0.2) is 9.97 Å². The summed E-state index contributed by atoms with van der Waals surface area (Å²) in [6.07, 6.45) is 7.47. The van der Waals surface area contributed by atoms with Crippen LogP contribution in [0.1, 0.15) is 31.2 Å². The number of carbonyl (C=O) groups is 1. The van der Waals surface area contributed by atoms with Crippen LogP contribution in [0.2, 0.25) is 0 Å². The van der Waals surface area contributed by atoms with Crippen molar-refractivity contribution in [3.63, 3.8) is 0 Å². The Bertz CT molecular complexity index is 1010. The van der Waals surface area contributed by atoms with Crippen LogP contribution in [-0.4, -0.2) is 60.0 Å². The summed E-state index contributed by atoms with van der Waals surface area (Å²) >= 11 is 1.62. The van der Waals surface area contributed by atoms with Crippen LogP contribution >= 0.6 is 11.3 Å². The van der Waals surface area contributed by atoms with Crippen molar-refractivity contribution in [1.82, 2.24) is 20.2 Å². The fourth-order valence-electron chi connectivity index (χ4n) is 5.10. The second-order valence-corrected chi connectivity index (χ2v) is 10.3. The summed E-state index contributed by atoms with van der Waals surface area (Å²) in [5, 5.41) is 4.20. The third-order valence-corrected chi connectivity index (χ3v) is 8.06. The molecule has 2 fully saturated rings. The van der Waals surface area contributed by atoms with Gasteiger partial charge in [0.25, 0.3) is 0 Å². The number of benzene rings is 1. The number of fused-ring (bicyclic) bond motifs is 1. The number of aromatic nitrogens is 2. The van der Waals surface area contributed by atoms with Gasteiger partial charge in [-0.15, -0.1) is 0 Å². The van der Waals surface area contributed by atoms with Crippen LogP contribution in [0.5, 0.6) is 0 Å². The first kappa shape index (κ1) is 22.3. The first-order valence-corrected chi connectivity index (χ1v) is 13.1. The Balaban J connectivity index is 1.04. The van der Waals surface area contributed by atoms with Gasteiger partial charge in [0.15, 0.2) is 5.13 Å². The molecular formula is C26H33N5OS. The first-order chi connectivity index (χ1) is 16.2. The zero-order valence-electron chi connectivity index (χ0n) is 19.2. The average molecular weight is 464 g/mol. The van der Waals surface area contributed by atoms with Crippen molar-refractivity contribution in [3.05, 3.63) is 54.2 Å². The van der Waals surface area contributed by atoms with Crippen LogP contribution < -0.4 is 10.2 Å². The van der Waals surface area contributed by atoms with E-state index in [1.54, 1.807) is 11.3 Å². The standard InChI is InChI=1S/C26H33N5OS/c32-24(22-8-5-14-31(19-22)26-29-23-9-4-12-28-25(23)33-26)27-13-17-30-15-10-21(11-16-30)18-20-6-2-1-3-7-20/h1-4,6-7,9,12,21-22H,5,8,10-11,13-19H2,(H,27,32). The van der Waals surface area contributed by atoms with Gasteiger partial charge in [0.2, 0.25) is 5.91 Å². The number of hydrogen-bond acceptors (Lipinski definition) is 6. The first-order valence-electron chi connectivity index (χ1n) is 12.2. The molecule has 6 nitrogen and oxygen atoms in total. The number of rotatable bonds is 7. The molecule has 0 saturated carbocycles. The van der Waals surface area contributed by atoms with E-state index in [4.69, 9.17) is 4.98 Å². The Hall–Kier alpha value is -2.51. The maximum Gasteiger partial charge on any atom is 0.224 e. The molecule has 7 heteroatoms. The lowest BCUT2D eigenvalue weighted by atomic mass is 9.90. The van der Waals surface area contributed by atoms with Gasteiger partial charge in [-0.05, 0) is 68.8 Å². The number of piperidine rings is 2. The highest BCUT2D eigenvalue weighted by Crippen LogP contribution is 2.30. The summed E-state index contributed by atoms with van der Waals surface area (Å²) in [5.41, 5.74) is 2.39. The third kappa shape index (κ3) is 5.71. The van der Waals surface area contributed by atoms with Crippen molar-refractivity contribution < 1.29 is 4.79 Å². The largest absolute Gasteiger partial charge is 0.355 e. The summed E-state index contributed by atoms with van der Waals surface area (Å²) in [5.74, 6) is 1.01.